The number of benzene rings is 1. The summed E-state index contributed by atoms with van der Waals surface area (Å²) in [7, 11) is -0.288. The highest BCUT2D eigenvalue weighted by Crippen LogP contribution is 2.47. The number of imide groups is 1. The van der Waals surface area contributed by atoms with Crippen LogP contribution in [0.3, 0.4) is 0 Å². The van der Waals surface area contributed by atoms with Crippen molar-refractivity contribution in [3.63, 3.8) is 0 Å². The van der Waals surface area contributed by atoms with Gasteiger partial charge in [-0.25, -0.2) is 9.78 Å². The third-order valence-electron chi connectivity index (χ3n) is 6.38. The first kappa shape index (κ1) is 22.9. The van der Waals surface area contributed by atoms with Crippen molar-refractivity contribution in [3.05, 3.63) is 68.5 Å². The Morgan fingerprint density at radius 2 is 2.03 bits per heavy atom. The highest BCUT2D eigenvalue weighted by molar-refractivity contribution is 9.10. The molecule has 8 nitrogen and oxygen atoms in total. The molecule has 0 spiro atoms. The van der Waals surface area contributed by atoms with Crippen molar-refractivity contribution in [2.75, 3.05) is 25.0 Å². The number of thiophene rings is 1. The van der Waals surface area contributed by atoms with Crippen LogP contribution in [0.1, 0.15) is 35.8 Å². The second-order valence-corrected chi connectivity index (χ2v) is 11.5. The van der Waals surface area contributed by atoms with Crippen molar-refractivity contribution >= 4 is 44.3 Å². The van der Waals surface area contributed by atoms with E-state index in [0.29, 0.717) is 19.0 Å². The van der Waals surface area contributed by atoms with Crippen LogP contribution in [0.25, 0.3) is 5.03 Å². The minimum absolute atomic E-state index is 0.284. The van der Waals surface area contributed by atoms with Crippen LogP contribution in [0, 0.1) is 0 Å². The van der Waals surface area contributed by atoms with Crippen molar-refractivity contribution in [1.29, 1.82) is 0 Å². The van der Waals surface area contributed by atoms with Crippen molar-refractivity contribution < 1.29 is 9.59 Å². The lowest BCUT2D eigenvalue weighted by Crippen LogP contribution is -2.46. The number of urea groups is 1. The number of halogens is 1. The molecule has 176 valence electrons. The summed E-state index contributed by atoms with van der Waals surface area (Å²) in [5.41, 5.74) is 1.76. The zero-order valence-electron chi connectivity index (χ0n) is 19.0. The summed E-state index contributed by atoms with van der Waals surface area (Å²) < 4.78 is 0.871. The molecule has 4 heterocycles. The number of nitrogens with one attached hydrogen (secondary N) is 3. The normalized spacial score (nSPS) is 19.7. The van der Waals surface area contributed by atoms with Crippen molar-refractivity contribution in [1.82, 2.24) is 25.5 Å². The molecule has 5 rings (SSSR count). The van der Waals surface area contributed by atoms with Crippen molar-refractivity contribution in [2.24, 2.45) is 0 Å². The summed E-state index contributed by atoms with van der Waals surface area (Å²) in [5.74, 6) is 0.505. The predicted octanol–water partition coefficient (Wildman–Crippen LogP) is 3.95. The molecule has 1 saturated heterocycles. The molecule has 2 aliphatic rings. The molecule has 2 atom stereocenters. The number of aromatic nitrogens is 2. The second-order valence-electron chi connectivity index (χ2n) is 8.87. The van der Waals surface area contributed by atoms with Crippen LogP contribution >= 0.6 is 26.4 Å². The van der Waals surface area contributed by atoms with Gasteiger partial charge < -0.3 is 15.5 Å². The molecule has 10 heteroatoms. The van der Waals surface area contributed by atoms with Gasteiger partial charge in [-0.1, -0.05) is 30.3 Å². The van der Waals surface area contributed by atoms with Crippen LogP contribution in [-0.4, -0.2) is 52.0 Å². The molecule has 0 aliphatic carbocycles. The van der Waals surface area contributed by atoms with Crippen LogP contribution in [0.2, 0.25) is 0 Å². The van der Waals surface area contributed by atoms with Crippen LogP contribution < -0.4 is 16.0 Å². The van der Waals surface area contributed by atoms with Gasteiger partial charge in [0.2, 0.25) is 5.95 Å². The quantitative estimate of drug-likeness (QED) is 0.322. The number of amides is 3. The smallest absolute Gasteiger partial charge is 0.325 e. The third-order valence-corrected chi connectivity index (χ3v) is 9.38. The minimum atomic E-state index is -0.870. The molecule has 3 amide bonds. The predicted molar refractivity (Wildman–Crippen MR) is 136 cm³/mol. The summed E-state index contributed by atoms with van der Waals surface area (Å²) in [6.07, 6.45) is 1.78. The molecule has 0 saturated carbocycles. The number of fused-ring (bicyclic) bond motifs is 1. The number of nitrogens with zero attached hydrogens (tertiary/aromatic N) is 3. The number of hydrogen-bond acceptors (Lipinski definition) is 6. The molecule has 34 heavy (non-hydrogen) atoms. The lowest BCUT2D eigenvalue weighted by atomic mass is 9.92. The topological polar surface area (TPSA) is 99.3 Å². The van der Waals surface area contributed by atoms with Gasteiger partial charge in [-0.15, -0.1) is 0 Å². The number of anilines is 1. The highest BCUT2D eigenvalue weighted by Gasteiger charge is 2.45. The number of hydrogen-bond donors (Lipinski definition) is 3. The van der Waals surface area contributed by atoms with Gasteiger partial charge in [0, 0.05) is 48.3 Å². The molecular formula is C24H26BrN6O2S+. The van der Waals surface area contributed by atoms with Gasteiger partial charge in [-0.2, -0.15) is 4.98 Å². The van der Waals surface area contributed by atoms with E-state index in [1.807, 2.05) is 6.07 Å². The maximum absolute atomic E-state index is 12.1. The van der Waals surface area contributed by atoms with E-state index in [4.69, 9.17) is 4.98 Å². The van der Waals surface area contributed by atoms with Gasteiger partial charge in [0.05, 0.1) is 12.1 Å². The Labute approximate surface area is 209 Å². The maximum Gasteiger partial charge on any atom is 0.325 e. The van der Waals surface area contributed by atoms with Gasteiger partial charge in [-0.3, -0.25) is 10.1 Å². The lowest BCUT2D eigenvalue weighted by molar-refractivity contribution is -0.125. The van der Waals surface area contributed by atoms with E-state index in [2.05, 4.69) is 72.6 Å². The fourth-order valence-electron chi connectivity index (χ4n) is 4.48. The first-order chi connectivity index (χ1) is 16.4. The van der Waals surface area contributed by atoms with E-state index in [-0.39, 0.29) is 28.3 Å². The van der Waals surface area contributed by atoms with Gasteiger partial charge in [0.25, 0.3) is 10.9 Å². The monoisotopic (exact) mass is 541 g/mol. The number of carbonyl (C=O) groups is 2. The van der Waals surface area contributed by atoms with Crippen molar-refractivity contribution in [3.8, 4) is 5.03 Å². The van der Waals surface area contributed by atoms with Gasteiger partial charge in [0.1, 0.15) is 15.4 Å². The fraction of sp³-hybridized carbons (Fsp3) is 0.333. The molecule has 0 bridgehead atoms. The zero-order valence-corrected chi connectivity index (χ0v) is 21.4. The van der Waals surface area contributed by atoms with Gasteiger partial charge in [-0.05, 0) is 35.3 Å². The lowest BCUT2D eigenvalue weighted by Gasteiger charge is -2.27. The molecule has 3 N–H and O–H groups in total. The Morgan fingerprint density at radius 1 is 1.24 bits per heavy atom. The Balaban J connectivity index is 1.39. The van der Waals surface area contributed by atoms with E-state index in [1.165, 1.54) is 20.9 Å². The van der Waals surface area contributed by atoms with Crippen LogP contribution in [-0.2, 0) is 11.3 Å². The Bertz CT molecular complexity index is 1250. The average Bonchev–Trinajstić information content (AvgIpc) is 3.34. The van der Waals surface area contributed by atoms with Crippen LogP contribution in [0.5, 0.6) is 0 Å². The summed E-state index contributed by atoms with van der Waals surface area (Å²) in [5, 5.41) is 12.3. The summed E-state index contributed by atoms with van der Waals surface area (Å²) in [4.78, 5) is 36.3. The van der Waals surface area contributed by atoms with E-state index in [9.17, 15) is 9.59 Å². The standard InChI is InChI=1S/C24H25BrN6O2S/c1-24(2)21(32)30-23(33)31(24)10-9-27-22-28-14-18(25)20(29-22)34-11-8-16-12-26-13-17(19(16)34)15-6-4-3-5-7-15/h3-8,11,14,17,26H,9-10,12-13H2,1-2H3,(H-,27,28,29,30,32,33)/p+1. The Hall–Kier alpha value is -2.82. The molecular weight excluding hydrogens is 516 g/mol. The van der Waals surface area contributed by atoms with Gasteiger partial charge in [0.15, 0.2) is 4.88 Å². The van der Waals surface area contributed by atoms with Crippen molar-refractivity contribution in [2.45, 2.75) is 31.8 Å². The highest BCUT2D eigenvalue weighted by atomic mass is 79.9. The molecule has 0 radical (unpaired) electrons. The SMILES string of the molecule is CC1(C)C(=O)NC(=O)N1CCNc1ncc(Br)c(-[s+]2ccc3c2C(c2ccccc2)CNC3)n1. The zero-order chi connectivity index (χ0) is 23.9. The first-order valence-electron chi connectivity index (χ1n) is 11.2. The van der Waals surface area contributed by atoms with Crippen LogP contribution in [0.4, 0.5) is 10.7 Å². The number of carbonyl (C=O) groups excluding carboxylic acids is 2. The molecule has 2 aliphatic heterocycles. The molecule has 2 unspecified atom stereocenters. The first-order valence-corrected chi connectivity index (χ1v) is 13.2. The third kappa shape index (κ3) is 4.10. The second kappa shape index (κ2) is 9.09. The largest absolute Gasteiger partial charge is 0.352 e. The van der Waals surface area contributed by atoms with Crippen LogP contribution in [0.15, 0.2) is 52.4 Å². The summed E-state index contributed by atoms with van der Waals surface area (Å²) in [6.45, 7) is 6.03. The number of rotatable bonds is 6. The molecule has 2 aromatic heterocycles. The average molecular weight is 542 g/mol. The molecule has 1 fully saturated rings. The fourth-order valence-corrected chi connectivity index (χ4v) is 7.38. The van der Waals surface area contributed by atoms with E-state index in [0.717, 1.165) is 22.6 Å². The summed E-state index contributed by atoms with van der Waals surface area (Å²) >= 11 is 3.67. The minimum Gasteiger partial charge on any atom is -0.352 e. The van der Waals surface area contributed by atoms with E-state index in [1.54, 1.807) is 20.0 Å². The summed E-state index contributed by atoms with van der Waals surface area (Å²) in [6, 6.07) is 12.4. The Morgan fingerprint density at radius 3 is 2.76 bits per heavy atom. The van der Waals surface area contributed by atoms with E-state index < -0.39 is 5.54 Å². The molecule has 1 aromatic carbocycles. The van der Waals surface area contributed by atoms with E-state index >= 15 is 0 Å². The maximum atomic E-state index is 12.1. The van der Waals surface area contributed by atoms with Gasteiger partial charge >= 0.3 is 6.03 Å². The molecule has 3 aromatic rings. The Kier molecular flexibility index (Phi) is 6.13.